The van der Waals surface area contributed by atoms with Gasteiger partial charge in [-0.2, -0.15) is 5.26 Å². The van der Waals surface area contributed by atoms with Crippen molar-refractivity contribution >= 4 is 33.7 Å². The summed E-state index contributed by atoms with van der Waals surface area (Å²) in [7, 11) is 0. The lowest BCUT2D eigenvalue weighted by Gasteiger charge is -2.38. The summed E-state index contributed by atoms with van der Waals surface area (Å²) in [4.78, 5) is 41.1. The van der Waals surface area contributed by atoms with Gasteiger partial charge in [0.2, 0.25) is 11.8 Å². The Labute approximate surface area is 199 Å². The predicted octanol–water partition coefficient (Wildman–Crippen LogP) is 4.46. The summed E-state index contributed by atoms with van der Waals surface area (Å²) in [6, 6.07) is 26.3. The maximum Gasteiger partial charge on any atom is 0.324 e. The molecule has 3 unspecified atom stereocenters. The van der Waals surface area contributed by atoms with Crippen LogP contribution in [-0.2, 0) is 20.9 Å². The number of piperidine rings is 1. The third-order valence-electron chi connectivity index (χ3n) is 5.58. The van der Waals surface area contributed by atoms with E-state index in [0.717, 1.165) is 9.37 Å². The normalized spacial score (nSPS) is 20.2. The molecule has 0 bridgehead atoms. The van der Waals surface area contributed by atoms with Crippen LogP contribution >= 0.6 is 15.9 Å². The van der Waals surface area contributed by atoms with E-state index < -0.39 is 35.5 Å². The summed E-state index contributed by atoms with van der Waals surface area (Å²) in [6.45, 7) is -0.0275. The minimum Gasteiger partial charge on any atom is -0.426 e. The molecule has 0 spiro atoms. The number of likely N-dealkylation sites (tertiary alicyclic amines) is 1. The van der Waals surface area contributed by atoms with E-state index in [0.29, 0.717) is 11.1 Å². The first-order valence-electron chi connectivity index (χ1n) is 10.3. The van der Waals surface area contributed by atoms with Crippen LogP contribution in [0.5, 0.6) is 5.75 Å². The molecule has 1 aliphatic rings. The Morgan fingerprint density at radius 1 is 0.909 bits per heavy atom. The number of nitrogens with zero attached hydrogens (tertiary/aromatic N) is 2. The summed E-state index contributed by atoms with van der Waals surface area (Å²) in [5, 5.41) is 9.92. The largest absolute Gasteiger partial charge is 0.426 e. The van der Waals surface area contributed by atoms with Crippen LogP contribution in [0.15, 0.2) is 89.4 Å². The van der Waals surface area contributed by atoms with Gasteiger partial charge in [-0.15, -0.1) is 0 Å². The molecular weight excluding hydrogens is 484 g/mol. The van der Waals surface area contributed by atoms with Crippen molar-refractivity contribution in [2.75, 3.05) is 0 Å². The highest BCUT2D eigenvalue weighted by Gasteiger charge is 2.53. The van der Waals surface area contributed by atoms with E-state index in [1.165, 1.54) is 0 Å². The van der Waals surface area contributed by atoms with Crippen molar-refractivity contribution in [2.45, 2.75) is 12.5 Å². The van der Waals surface area contributed by atoms with Crippen molar-refractivity contribution in [2.24, 2.45) is 11.8 Å². The average molecular weight is 503 g/mol. The molecule has 3 atom stereocenters. The molecule has 6 nitrogen and oxygen atoms in total. The third kappa shape index (κ3) is 4.71. The van der Waals surface area contributed by atoms with Crippen LogP contribution in [0.4, 0.5) is 0 Å². The summed E-state index contributed by atoms with van der Waals surface area (Å²) >= 11 is 3.33. The highest BCUT2D eigenvalue weighted by atomic mass is 79.9. The van der Waals surface area contributed by atoms with Crippen LogP contribution in [0, 0.1) is 23.2 Å². The van der Waals surface area contributed by atoms with Crippen molar-refractivity contribution in [1.29, 1.82) is 5.26 Å². The number of esters is 1. The number of benzene rings is 3. The zero-order valence-corrected chi connectivity index (χ0v) is 19.0. The van der Waals surface area contributed by atoms with E-state index in [1.54, 1.807) is 78.9 Å². The molecule has 1 fully saturated rings. The highest BCUT2D eigenvalue weighted by molar-refractivity contribution is 9.10. The number of hydrogen-bond donors (Lipinski definition) is 0. The predicted molar refractivity (Wildman–Crippen MR) is 124 cm³/mol. The number of imide groups is 1. The van der Waals surface area contributed by atoms with E-state index in [1.807, 2.05) is 12.1 Å². The Balaban J connectivity index is 1.74. The molecule has 1 aliphatic heterocycles. The molecule has 0 aromatic heterocycles. The number of carbonyl (C=O) groups excluding carboxylic acids is 3. The Morgan fingerprint density at radius 2 is 1.52 bits per heavy atom. The van der Waals surface area contributed by atoms with Gasteiger partial charge in [-0.3, -0.25) is 19.3 Å². The van der Waals surface area contributed by atoms with Crippen LogP contribution in [0.2, 0.25) is 0 Å². The monoisotopic (exact) mass is 502 g/mol. The van der Waals surface area contributed by atoms with Gasteiger partial charge in [0.05, 0.1) is 12.6 Å². The number of nitriles is 1. The standard InChI is InChI=1S/C26H19BrN2O4/c27-19-11-13-20(14-12-19)33-26(32)23-22(18-9-5-2-6-10-18)21(15-28)24(30)29(25(23)31)16-17-7-3-1-4-8-17/h1-14,21-23H,16H2. The topological polar surface area (TPSA) is 87.5 Å². The quantitative estimate of drug-likeness (QED) is 0.222. The van der Waals surface area contributed by atoms with Crippen LogP contribution in [-0.4, -0.2) is 22.7 Å². The number of ether oxygens (including phenoxy) is 1. The van der Waals surface area contributed by atoms with Gasteiger partial charge >= 0.3 is 5.97 Å². The molecule has 3 aromatic carbocycles. The first-order chi connectivity index (χ1) is 16.0. The molecule has 164 valence electrons. The second-order valence-corrected chi connectivity index (χ2v) is 8.56. The molecule has 3 aromatic rings. The Bertz CT molecular complexity index is 1210. The Morgan fingerprint density at radius 3 is 2.12 bits per heavy atom. The lowest BCUT2D eigenvalue weighted by molar-refractivity contribution is -0.162. The van der Waals surface area contributed by atoms with E-state index in [-0.39, 0.29) is 12.3 Å². The Hall–Kier alpha value is -3.76. The van der Waals surface area contributed by atoms with Gasteiger partial charge in [0, 0.05) is 10.4 Å². The summed E-state index contributed by atoms with van der Waals surface area (Å²) in [6.07, 6.45) is 0. The van der Waals surface area contributed by atoms with Gasteiger partial charge in [0.25, 0.3) is 0 Å². The van der Waals surface area contributed by atoms with E-state index in [9.17, 15) is 19.6 Å². The molecule has 0 N–H and O–H groups in total. The Kier molecular flexibility index (Phi) is 6.66. The number of amides is 2. The zero-order chi connectivity index (χ0) is 23.4. The third-order valence-corrected chi connectivity index (χ3v) is 6.10. The molecular formula is C26H19BrN2O4. The fourth-order valence-corrected chi connectivity index (χ4v) is 4.26. The first kappa shape index (κ1) is 22.4. The molecule has 7 heteroatoms. The van der Waals surface area contributed by atoms with E-state index >= 15 is 0 Å². The molecule has 1 heterocycles. The highest BCUT2D eigenvalue weighted by Crippen LogP contribution is 2.40. The minimum atomic E-state index is -1.35. The van der Waals surface area contributed by atoms with Crippen molar-refractivity contribution in [3.8, 4) is 11.8 Å². The number of halogens is 1. The summed E-state index contributed by atoms with van der Waals surface area (Å²) in [5.41, 5.74) is 1.27. The number of rotatable bonds is 5. The molecule has 0 saturated carbocycles. The fraction of sp³-hybridized carbons (Fsp3) is 0.154. The van der Waals surface area contributed by atoms with Crippen LogP contribution in [0.25, 0.3) is 0 Å². The molecule has 0 radical (unpaired) electrons. The van der Waals surface area contributed by atoms with Crippen LogP contribution < -0.4 is 4.74 Å². The molecule has 33 heavy (non-hydrogen) atoms. The van der Waals surface area contributed by atoms with Gasteiger partial charge < -0.3 is 4.74 Å². The van der Waals surface area contributed by atoms with Gasteiger partial charge in [-0.05, 0) is 35.4 Å². The second kappa shape index (κ2) is 9.80. The molecule has 1 saturated heterocycles. The van der Waals surface area contributed by atoms with Gasteiger partial charge in [-0.1, -0.05) is 76.6 Å². The molecule has 2 amide bonds. The van der Waals surface area contributed by atoms with Crippen LogP contribution in [0.1, 0.15) is 17.0 Å². The average Bonchev–Trinajstić information content (AvgIpc) is 2.84. The van der Waals surface area contributed by atoms with Crippen molar-refractivity contribution in [3.05, 3.63) is 101 Å². The smallest absolute Gasteiger partial charge is 0.324 e. The maximum absolute atomic E-state index is 13.6. The lowest BCUT2D eigenvalue weighted by atomic mass is 9.73. The maximum atomic E-state index is 13.6. The number of carbonyl (C=O) groups is 3. The van der Waals surface area contributed by atoms with E-state index in [4.69, 9.17) is 4.74 Å². The van der Waals surface area contributed by atoms with Crippen molar-refractivity contribution in [1.82, 2.24) is 4.90 Å². The van der Waals surface area contributed by atoms with Crippen molar-refractivity contribution in [3.63, 3.8) is 0 Å². The van der Waals surface area contributed by atoms with Gasteiger partial charge in [0.1, 0.15) is 17.6 Å². The molecule has 0 aliphatic carbocycles. The number of hydrogen-bond acceptors (Lipinski definition) is 5. The van der Waals surface area contributed by atoms with Crippen molar-refractivity contribution < 1.29 is 19.1 Å². The van der Waals surface area contributed by atoms with Gasteiger partial charge in [0.15, 0.2) is 0 Å². The van der Waals surface area contributed by atoms with E-state index in [2.05, 4.69) is 15.9 Å². The summed E-state index contributed by atoms with van der Waals surface area (Å²) < 4.78 is 6.34. The SMILES string of the molecule is N#CC1C(=O)N(Cc2ccccc2)C(=O)C(C(=O)Oc2ccc(Br)cc2)C1c1ccccc1. The van der Waals surface area contributed by atoms with Crippen LogP contribution in [0.3, 0.4) is 0 Å². The lowest BCUT2D eigenvalue weighted by Crippen LogP contribution is -2.55. The second-order valence-electron chi connectivity index (χ2n) is 7.64. The fourth-order valence-electron chi connectivity index (χ4n) is 3.99. The van der Waals surface area contributed by atoms with Gasteiger partial charge in [-0.25, -0.2) is 0 Å². The zero-order valence-electron chi connectivity index (χ0n) is 17.4. The minimum absolute atomic E-state index is 0.0275. The first-order valence-corrected chi connectivity index (χ1v) is 11.1. The molecule has 4 rings (SSSR count). The summed E-state index contributed by atoms with van der Waals surface area (Å²) in [5.74, 6) is -5.34.